The minimum absolute atomic E-state index is 0. The summed E-state index contributed by atoms with van der Waals surface area (Å²) in [4.78, 5) is 23.5. The van der Waals surface area contributed by atoms with E-state index in [1.54, 1.807) is 24.3 Å². The lowest BCUT2D eigenvalue weighted by molar-refractivity contribution is -0.119. The second-order valence-electron chi connectivity index (χ2n) is 5.90. The van der Waals surface area contributed by atoms with Crippen molar-refractivity contribution < 1.29 is 9.59 Å². The van der Waals surface area contributed by atoms with Crippen molar-refractivity contribution in [2.45, 2.75) is 33.7 Å². The predicted octanol–water partition coefficient (Wildman–Crippen LogP) is 2.56. The molecule has 0 fully saturated rings. The SMILES string of the molecule is CCNC(=O)Nc1cccc(NC(=O)[C@@H](N)C(C)(C)C)c1.Cl. The van der Waals surface area contributed by atoms with Crippen LogP contribution in [-0.4, -0.2) is 24.5 Å². The topological polar surface area (TPSA) is 96.2 Å². The van der Waals surface area contributed by atoms with E-state index in [2.05, 4.69) is 16.0 Å². The summed E-state index contributed by atoms with van der Waals surface area (Å²) in [6.45, 7) is 8.10. The molecule has 0 aliphatic carbocycles. The van der Waals surface area contributed by atoms with Crippen molar-refractivity contribution >= 4 is 35.7 Å². The average molecular weight is 329 g/mol. The Morgan fingerprint density at radius 1 is 1.18 bits per heavy atom. The third-order valence-corrected chi connectivity index (χ3v) is 2.94. The summed E-state index contributed by atoms with van der Waals surface area (Å²) in [6, 6.07) is 6.03. The number of urea groups is 1. The van der Waals surface area contributed by atoms with Gasteiger partial charge in [-0.2, -0.15) is 0 Å². The van der Waals surface area contributed by atoms with Crippen LogP contribution in [0.2, 0.25) is 0 Å². The Bertz CT molecular complexity index is 515. The molecule has 7 heteroatoms. The number of hydrogen-bond donors (Lipinski definition) is 4. The lowest BCUT2D eigenvalue weighted by Crippen LogP contribution is -2.45. The maximum atomic E-state index is 12.1. The maximum absolute atomic E-state index is 12.1. The predicted molar refractivity (Wildman–Crippen MR) is 92.4 cm³/mol. The number of hydrogen-bond acceptors (Lipinski definition) is 3. The summed E-state index contributed by atoms with van der Waals surface area (Å²) in [7, 11) is 0. The van der Waals surface area contributed by atoms with Crippen LogP contribution in [0.25, 0.3) is 0 Å². The highest BCUT2D eigenvalue weighted by Crippen LogP contribution is 2.20. The highest BCUT2D eigenvalue weighted by atomic mass is 35.5. The quantitative estimate of drug-likeness (QED) is 0.684. The number of halogens is 1. The molecule has 6 nitrogen and oxygen atoms in total. The van der Waals surface area contributed by atoms with Gasteiger partial charge in [0.2, 0.25) is 5.91 Å². The van der Waals surface area contributed by atoms with Crippen molar-refractivity contribution in [1.82, 2.24) is 5.32 Å². The van der Waals surface area contributed by atoms with Crippen LogP contribution in [0.4, 0.5) is 16.2 Å². The molecule has 0 bridgehead atoms. The molecule has 0 aliphatic rings. The van der Waals surface area contributed by atoms with Crippen LogP contribution in [0.3, 0.4) is 0 Å². The molecule has 0 unspecified atom stereocenters. The van der Waals surface area contributed by atoms with E-state index in [-0.39, 0.29) is 29.8 Å². The molecular weight excluding hydrogens is 304 g/mol. The van der Waals surface area contributed by atoms with Gasteiger partial charge in [0.25, 0.3) is 0 Å². The Balaban J connectivity index is 0.00000441. The van der Waals surface area contributed by atoms with Gasteiger partial charge in [0.15, 0.2) is 0 Å². The van der Waals surface area contributed by atoms with Crippen LogP contribution < -0.4 is 21.7 Å². The molecule has 3 amide bonds. The van der Waals surface area contributed by atoms with Gasteiger partial charge in [-0.3, -0.25) is 4.79 Å². The summed E-state index contributed by atoms with van der Waals surface area (Å²) in [5.41, 5.74) is 6.78. The smallest absolute Gasteiger partial charge is 0.319 e. The summed E-state index contributed by atoms with van der Waals surface area (Å²) in [6.07, 6.45) is 0. The van der Waals surface area contributed by atoms with E-state index in [9.17, 15) is 9.59 Å². The molecule has 0 saturated carbocycles. The van der Waals surface area contributed by atoms with E-state index in [4.69, 9.17) is 5.73 Å². The van der Waals surface area contributed by atoms with E-state index in [1.165, 1.54) is 0 Å². The van der Waals surface area contributed by atoms with Gasteiger partial charge in [-0.05, 0) is 30.5 Å². The third-order valence-electron chi connectivity index (χ3n) is 2.94. The van der Waals surface area contributed by atoms with E-state index in [0.717, 1.165) is 0 Å². The van der Waals surface area contributed by atoms with E-state index in [1.807, 2.05) is 27.7 Å². The molecule has 0 heterocycles. The summed E-state index contributed by atoms with van der Waals surface area (Å²) in [5.74, 6) is -0.252. The number of benzene rings is 1. The average Bonchev–Trinajstić information content (AvgIpc) is 2.37. The number of rotatable bonds is 4. The molecular formula is C15H25ClN4O2. The minimum Gasteiger partial charge on any atom is -0.338 e. The fraction of sp³-hybridized carbons (Fsp3) is 0.467. The molecule has 124 valence electrons. The lowest BCUT2D eigenvalue weighted by atomic mass is 9.87. The molecule has 0 aliphatic heterocycles. The van der Waals surface area contributed by atoms with Crippen molar-refractivity contribution in [3.05, 3.63) is 24.3 Å². The van der Waals surface area contributed by atoms with Gasteiger partial charge in [-0.25, -0.2) is 4.79 Å². The first-order valence-corrected chi connectivity index (χ1v) is 6.95. The van der Waals surface area contributed by atoms with Crippen LogP contribution in [0, 0.1) is 5.41 Å². The first kappa shape index (κ1) is 20.2. The zero-order valence-corrected chi connectivity index (χ0v) is 14.2. The second-order valence-corrected chi connectivity index (χ2v) is 5.90. The number of anilines is 2. The Hall–Kier alpha value is -1.79. The second kappa shape index (κ2) is 8.60. The molecule has 1 atom stereocenters. The van der Waals surface area contributed by atoms with Gasteiger partial charge in [0, 0.05) is 17.9 Å². The van der Waals surface area contributed by atoms with Gasteiger partial charge >= 0.3 is 6.03 Å². The minimum atomic E-state index is -0.613. The van der Waals surface area contributed by atoms with Gasteiger partial charge in [-0.15, -0.1) is 12.4 Å². The van der Waals surface area contributed by atoms with Crippen molar-refractivity contribution in [3.8, 4) is 0 Å². The summed E-state index contributed by atoms with van der Waals surface area (Å²) in [5, 5.41) is 8.08. The van der Waals surface area contributed by atoms with E-state index in [0.29, 0.717) is 17.9 Å². The Labute approximate surface area is 137 Å². The summed E-state index contributed by atoms with van der Waals surface area (Å²) >= 11 is 0. The molecule has 22 heavy (non-hydrogen) atoms. The van der Waals surface area contributed by atoms with Crippen molar-refractivity contribution in [2.24, 2.45) is 11.1 Å². The molecule has 1 rings (SSSR count). The first-order chi connectivity index (χ1) is 9.74. The Kier molecular flexibility index (Phi) is 7.90. The molecule has 0 aromatic heterocycles. The Morgan fingerprint density at radius 2 is 1.73 bits per heavy atom. The van der Waals surface area contributed by atoms with Crippen LogP contribution in [0.15, 0.2) is 24.3 Å². The van der Waals surface area contributed by atoms with Crippen molar-refractivity contribution in [1.29, 1.82) is 0 Å². The maximum Gasteiger partial charge on any atom is 0.319 e. The van der Waals surface area contributed by atoms with Crippen LogP contribution in [-0.2, 0) is 4.79 Å². The lowest BCUT2D eigenvalue weighted by Gasteiger charge is -2.25. The van der Waals surface area contributed by atoms with Gasteiger partial charge in [0.1, 0.15) is 0 Å². The fourth-order valence-electron chi connectivity index (χ4n) is 1.62. The largest absolute Gasteiger partial charge is 0.338 e. The number of carbonyl (C=O) groups excluding carboxylic acids is 2. The molecule has 1 aromatic rings. The van der Waals surface area contributed by atoms with Crippen LogP contribution >= 0.6 is 12.4 Å². The molecule has 0 radical (unpaired) electrons. The molecule has 0 spiro atoms. The molecule has 5 N–H and O–H groups in total. The molecule has 0 saturated heterocycles. The highest BCUT2D eigenvalue weighted by Gasteiger charge is 2.27. The van der Waals surface area contributed by atoms with Gasteiger partial charge in [-0.1, -0.05) is 26.8 Å². The normalized spacial score (nSPS) is 11.9. The third kappa shape index (κ3) is 6.32. The fourth-order valence-corrected chi connectivity index (χ4v) is 1.62. The Morgan fingerprint density at radius 3 is 2.23 bits per heavy atom. The van der Waals surface area contributed by atoms with Crippen LogP contribution in [0.1, 0.15) is 27.7 Å². The zero-order valence-electron chi connectivity index (χ0n) is 13.4. The highest BCUT2D eigenvalue weighted by molar-refractivity contribution is 5.96. The molecule has 1 aromatic carbocycles. The van der Waals surface area contributed by atoms with Gasteiger partial charge < -0.3 is 21.7 Å². The van der Waals surface area contributed by atoms with Gasteiger partial charge in [0.05, 0.1) is 6.04 Å². The van der Waals surface area contributed by atoms with Crippen LogP contribution in [0.5, 0.6) is 0 Å². The van der Waals surface area contributed by atoms with Crippen molar-refractivity contribution in [2.75, 3.05) is 17.2 Å². The van der Waals surface area contributed by atoms with Crippen molar-refractivity contribution in [3.63, 3.8) is 0 Å². The standard InChI is InChI=1S/C15H24N4O2.ClH/c1-5-17-14(21)19-11-8-6-7-10(9-11)18-13(20)12(16)15(2,3)4;/h6-9,12H,5,16H2,1-4H3,(H,18,20)(H2,17,19,21);1H/t12-;/m1./s1. The summed E-state index contributed by atoms with van der Waals surface area (Å²) < 4.78 is 0. The number of nitrogens with one attached hydrogen (secondary N) is 3. The monoisotopic (exact) mass is 328 g/mol. The first-order valence-electron chi connectivity index (χ1n) is 6.95. The number of nitrogens with two attached hydrogens (primary N) is 1. The number of amides is 3. The van der Waals surface area contributed by atoms with E-state index >= 15 is 0 Å². The van der Waals surface area contributed by atoms with E-state index < -0.39 is 6.04 Å². The number of carbonyl (C=O) groups is 2. The zero-order chi connectivity index (χ0) is 16.0.